The highest BCUT2D eigenvalue weighted by Gasteiger charge is 2.09. The molecule has 0 fully saturated rings. The van der Waals surface area contributed by atoms with Gasteiger partial charge in [-0.05, 0) is 11.1 Å². The maximum atomic E-state index is 11.3. The number of fused-ring (bicyclic) bond motifs is 1. The van der Waals surface area contributed by atoms with Crippen molar-refractivity contribution in [2.24, 2.45) is 0 Å². The number of imidazole rings is 1. The second kappa shape index (κ2) is 7.71. The minimum atomic E-state index is 0.123. The van der Waals surface area contributed by atoms with E-state index < -0.39 is 0 Å². The lowest BCUT2D eigenvalue weighted by atomic mass is 10.1. The number of nitrogens with zero attached hydrogens (tertiary/aromatic N) is 3. The van der Waals surface area contributed by atoms with Crippen LogP contribution in [0.2, 0.25) is 0 Å². The minimum absolute atomic E-state index is 0.123. The summed E-state index contributed by atoms with van der Waals surface area (Å²) in [6.07, 6.45) is 2.08. The van der Waals surface area contributed by atoms with Crippen molar-refractivity contribution in [3.8, 4) is 5.88 Å². The SMILES string of the molecule is CCC(=O)CNCc1ccc(COc2nc(N)nc3nc[nH]c23)cc1. The van der Waals surface area contributed by atoms with Crippen LogP contribution < -0.4 is 15.8 Å². The van der Waals surface area contributed by atoms with Crippen LogP contribution in [0.15, 0.2) is 30.6 Å². The fourth-order valence-corrected chi connectivity index (χ4v) is 2.30. The smallest absolute Gasteiger partial charge is 0.245 e. The van der Waals surface area contributed by atoms with Gasteiger partial charge in [-0.2, -0.15) is 9.97 Å². The summed E-state index contributed by atoms with van der Waals surface area (Å²) in [5, 5.41) is 3.13. The van der Waals surface area contributed by atoms with E-state index in [9.17, 15) is 4.79 Å². The van der Waals surface area contributed by atoms with Crippen LogP contribution in [-0.2, 0) is 17.9 Å². The van der Waals surface area contributed by atoms with Crippen LogP contribution in [0.5, 0.6) is 5.88 Å². The van der Waals surface area contributed by atoms with Crippen molar-refractivity contribution < 1.29 is 9.53 Å². The number of carbonyl (C=O) groups excluding carboxylic acids is 1. The largest absolute Gasteiger partial charge is 0.471 e. The Morgan fingerprint density at radius 3 is 2.76 bits per heavy atom. The lowest BCUT2D eigenvalue weighted by Gasteiger charge is -2.08. The first-order chi connectivity index (χ1) is 12.2. The first kappa shape index (κ1) is 16.8. The van der Waals surface area contributed by atoms with Crippen LogP contribution in [0.25, 0.3) is 11.2 Å². The average Bonchev–Trinajstić information content (AvgIpc) is 3.09. The number of rotatable bonds is 8. The molecule has 130 valence electrons. The van der Waals surface area contributed by atoms with Crippen molar-refractivity contribution >= 4 is 22.9 Å². The first-order valence-electron chi connectivity index (χ1n) is 8.05. The highest BCUT2D eigenvalue weighted by molar-refractivity contribution is 5.80. The maximum absolute atomic E-state index is 11.3. The molecule has 0 saturated heterocycles. The number of Topliss-reactive ketones (excluding diaryl/α,β-unsaturated/α-hetero) is 1. The van der Waals surface area contributed by atoms with Gasteiger partial charge < -0.3 is 20.8 Å². The quantitative estimate of drug-likeness (QED) is 0.569. The van der Waals surface area contributed by atoms with Gasteiger partial charge in [0.1, 0.15) is 17.9 Å². The van der Waals surface area contributed by atoms with Gasteiger partial charge in [-0.15, -0.1) is 0 Å². The van der Waals surface area contributed by atoms with E-state index in [1.54, 1.807) is 0 Å². The van der Waals surface area contributed by atoms with Gasteiger partial charge in [-0.25, -0.2) is 4.98 Å². The van der Waals surface area contributed by atoms with Crippen LogP contribution >= 0.6 is 0 Å². The number of ether oxygens (including phenoxy) is 1. The summed E-state index contributed by atoms with van der Waals surface area (Å²) >= 11 is 0. The van der Waals surface area contributed by atoms with E-state index in [0.717, 1.165) is 11.1 Å². The van der Waals surface area contributed by atoms with Crippen molar-refractivity contribution in [3.63, 3.8) is 0 Å². The number of nitrogens with one attached hydrogen (secondary N) is 2. The van der Waals surface area contributed by atoms with Gasteiger partial charge >= 0.3 is 0 Å². The number of benzene rings is 1. The Bertz CT molecular complexity index is 859. The van der Waals surface area contributed by atoms with E-state index >= 15 is 0 Å². The standard InChI is InChI=1S/C17H20N6O2/c1-2-13(24)8-19-7-11-3-5-12(6-4-11)9-25-16-14-15(21-10-20-14)22-17(18)23-16/h3-6,10,19H,2,7-9H2,1H3,(H3,18,20,21,22,23). The van der Waals surface area contributed by atoms with Gasteiger partial charge in [0, 0.05) is 13.0 Å². The molecule has 0 amide bonds. The van der Waals surface area contributed by atoms with Gasteiger partial charge in [0.05, 0.1) is 12.9 Å². The summed E-state index contributed by atoms with van der Waals surface area (Å²) in [6.45, 7) is 3.27. The number of ketones is 1. The monoisotopic (exact) mass is 340 g/mol. The molecule has 0 bridgehead atoms. The third-order valence-electron chi connectivity index (χ3n) is 3.71. The summed E-state index contributed by atoms with van der Waals surface area (Å²) in [6, 6.07) is 7.96. The number of hydrogen-bond donors (Lipinski definition) is 3. The highest BCUT2D eigenvalue weighted by atomic mass is 16.5. The molecule has 0 spiro atoms. The Labute approximate surface area is 144 Å². The second-order valence-corrected chi connectivity index (χ2v) is 5.59. The Morgan fingerprint density at radius 2 is 2.00 bits per heavy atom. The zero-order chi connectivity index (χ0) is 17.6. The maximum Gasteiger partial charge on any atom is 0.245 e. The van der Waals surface area contributed by atoms with Crippen molar-refractivity contribution in [1.82, 2.24) is 25.3 Å². The fourth-order valence-electron chi connectivity index (χ4n) is 2.30. The number of nitrogen functional groups attached to an aromatic ring is 1. The molecule has 8 nitrogen and oxygen atoms in total. The van der Waals surface area contributed by atoms with Crippen LogP contribution in [0.3, 0.4) is 0 Å². The van der Waals surface area contributed by atoms with Crippen molar-refractivity contribution in [1.29, 1.82) is 0 Å². The van der Waals surface area contributed by atoms with Crippen LogP contribution in [0.4, 0.5) is 5.95 Å². The van der Waals surface area contributed by atoms with Gasteiger partial charge in [0.2, 0.25) is 11.8 Å². The molecule has 1 aromatic carbocycles. The third-order valence-corrected chi connectivity index (χ3v) is 3.71. The number of aromatic nitrogens is 4. The number of nitrogens with two attached hydrogens (primary N) is 1. The summed E-state index contributed by atoms with van der Waals surface area (Å²) in [7, 11) is 0. The van der Waals surface area contributed by atoms with E-state index in [2.05, 4.69) is 25.3 Å². The third kappa shape index (κ3) is 4.30. The summed E-state index contributed by atoms with van der Waals surface area (Å²) in [4.78, 5) is 26.4. The molecule has 0 saturated carbocycles. The van der Waals surface area contributed by atoms with E-state index in [0.29, 0.717) is 43.2 Å². The summed E-state index contributed by atoms with van der Waals surface area (Å²) < 4.78 is 5.75. The van der Waals surface area contributed by atoms with Crippen molar-refractivity contribution in [2.75, 3.05) is 12.3 Å². The summed E-state index contributed by atoms with van der Waals surface area (Å²) in [5.74, 6) is 0.709. The number of hydrogen-bond acceptors (Lipinski definition) is 7. The van der Waals surface area contributed by atoms with Crippen molar-refractivity contribution in [2.45, 2.75) is 26.5 Å². The topological polar surface area (TPSA) is 119 Å². The molecule has 3 rings (SSSR count). The Balaban J connectivity index is 1.58. The van der Waals surface area contributed by atoms with Gasteiger partial charge in [-0.1, -0.05) is 31.2 Å². The molecule has 0 radical (unpaired) electrons. The number of H-pyrrole nitrogens is 1. The summed E-state index contributed by atoms with van der Waals surface area (Å²) in [5.41, 5.74) is 8.87. The Kier molecular flexibility index (Phi) is 5.20. The minimum Gasteiger partial charge on any atom is -0.471 e. The molecular formula is C17H20N6O2. The molecule has 0 aliphatic carbocycles. The molecule has 4 N–H and O–H groups in total. The normalized spacial score (nSPS) is 10.9. The van der Waals surface area contributed by atoms with E-state index in [1.807, 2.05) is 31.2 Å². The lowest BCUT2D eigenvalue weighted by molar-refractivity contribution is -0.117. The number of carbonyl (C=O) groups is 1. The molecular weight excluding hydrogens is 320 g/mol. The molecule has 2 aromatic heterocycles. The van der Waals surface area contributed by atoms with E-state index in [4.69, 9.17) is 10.5 Å². The molecule has 25 heavy (non-hydrogen) atoms. The number of anilines is 1. The zero-order valence-corrected chi connectivity index (χ0v) is 14.0. The molecule has 0 atom stereocenters. The van der Waals surface area contributed by atoms with Gasteiger partial charge in [0.15, 0.2) is 5.65 Å². The molecule has 0 aliphatic rings. The zero-order valence-electron chi connectivity index (χ0n) is 14.0. The lowest BCUT2D eigenvalue weighted by Crippen LogP contribution is -2.21. The molecule has 2 heterocycles. The van der Waals surface area contributed by atoms with Crippen LogP contribution in [-0.4, -0.2) is 32.3 Å². The molecule has 0 unspecified atom stereocenters. The average molecular weight is 340 g/mol. The van der Waals surface area contributed by atoms with Gasteiger partial charge in [0.25, 0.3) is 0 Å². The Hall–Kier alpha value is -3.00. The number of aromatic amines is 1. The van der Waals surface area contributed by atoms with E-state index in [1.165, 1.54) is 6.33 Å². The van der Waals surface area contributed by atoms with Crippen LogP contribution in [0.1, 0.15) is 24.5 Å². The van der Waals surface area contributed by atoms with Crippen LogP contribution in [0, 0.1) is 0 Å². The van der Waals surface area contributed by atoms with E-state index in [-0.39, 0.29) is 11.7 Å². The molecule has 8 heteroatoms. The molecule has 0 aliphatic heterocycles. The molecule has 3 aromatic rings. The van der Waals surface area contributed by atoms with Gasteiger partial charge in [-0.3, -0.25) is 4.79 Å². The predicted octanol–water partition coefficient (Wildman–Crippen LogP) is 1.58. The second-order valence-electron chi connectivity index (χ2n) is 5.59. The Morgan fingerprint density at radius 1 is 1.24 bits per heavy atom. The van der Waals surface area contributed by atoms with Crippen molar-refractivity contribution in [3.05, 3.63) is 41.7 Å². The highest BCUT2D eigenvalue weighted by Crippen LogP contribution is 2.20. The predicted molar refractivity (Wildman–Crippen MR) is 93.9 cm³/mol. The fraction of sp³-hybridized carbons (Fsp3) is 0.294. The first-order valence-corrected chi connectivity index (χ1v) is 8.05.